The number of nitrogens with one attached hydrogen (secondary N) is 1. The summed E-state index contributed by atoms with van der Waals surface area (Å²) in [5.41, 5.74) is 6.96. The topological polar surface area (TPSA) is 37.5 Å². The third-order valence-electron chi connectivity index (χ3n) is 5.75. The molecule has 0 saturated heterocycles. The second-order valence-corrected chi connectivity index (χ2v) is 6.98. The summed E-state index contributed by atoms with van der Waals surface area (Å²) in [4.78, 5) is 6.30. The van der Waals surface area contributed by atoms with Gasteiger partial charge in [-0.15, -0.1) is 0 Å². The van der Waals surface area contributed by atoms with Crippen molar-refractivity contribution in [2.24, 2.45) is 0 Å². The number of aromatic amines is 1. The Morgan fingerprint density at radius 1 is 1.04 bits per heavy atom. The molecule has 120 valence electrons. The zero-order chi connectivity index (χ0) is 15.7. The first-order valence-corrected chi connectivity index (χ1v) is 8.62. The number of ether oxygens (including phenoxy) is 2. The van der Waals surface area contributed by atoms with Crippen LogP contribution in [0.15, 0.2) is 36.4 Å². The number of aromatic nitrogens is 1. The summed E-state index contributed by atoms with van der Waals surface area (Å²) in [6, 6.07) is 13.5. The normalized spacial score (nSPS) is 21.4. The van der Waals surface area contributed by atoms with E-state index in [-0.39, 0.29) is 0 Å². The lowest BCUT2D eigenvalue weighted by atomic mass is 9.87. The van der Waals surface area contributed by atoms with Gasteiger partial charge in [-0.1, -0.05) is 18.2 Å². The van der Waals surface area contributed by atoms with Gasteiger partial charge in [0.1, 0.15) is 0 Å². The summed E-state index contributed by atoms with van der Waals surface area (Å²) in [5.74, 6) is 1.80. The zero-order valence-electron chi connectivity index (χ0n) is 13.3. The Balaban J connectivity index is 1.48. The molecular weight excluding hydrogens is 300 g/mol. The van der Waals surface area contributed by atoms with Crippen LogP contribution in [0.5, 0.6) is 11.5 Å². The summed E-state index contributed by atoms with van der Waals surface area (Å²) in [6.07, 6.45) is 2.15. The van der Waals surface area contributed by atoms with Crippen molar-refractivity contribution in [3.63, 3.8) is 0 Å². The van der Waals surface area contributed by atoms with E-state index in [9.17, 15) is 0 Å². The van der Waals surface area contributed by atoms with Crippen LogP contribution in [-0.4, -0.2) is 23.2 Å². The third kappa shape index (κ3) is 1.66. The number of hydrogen-bond acceptors (Lipinski definition) is 3. The minimum absolute atomic E-state index is 0.345. The second-order valence-electron chi connectivity index (χ2n) is 6.98. The van der Waals surface area contributed by atoms with Crippen LogP contribution in [0.25, 0.3) is 10.9 Å². The van der Waals surface area contributed by atoms with Gasteiger partial charge >= 0.3 is 0 Å². The maximum absolute atomic E-state index is 5.57. The Morgan fingerprint density at radius 3 is 2.79 bits per heavy atom. The molecule has 3 aliphatic heterocycles. The highest BCUT2D eigenvalue weighted by Crippen LogP contribution is 2.43. The molecule has 0 spiro atoms. The Kier molecular flexibility index (Phi) is 2.44. The lowest BCUT2D eigenvalue weighted by Gasteiger charge is -2.40. The minimum Gasteiger partial charge on any atom is -0.454 e. The molecule has 1 N–H and O–H groups in total. The number of H-pyrrole nitrogens is 1. The highest BCUT2D eigenvalue weighted by Gasteiger charge is 2.35. The molecule has 0 radical (unpaired) electrons. The molecule has 0 saturated carbocycles. The fourth-order valence-electron chi connectivity index (χ4n) is 4.58. The van der Waals surface area contributed by atoms with E-state index < -0.39 is 0 Å². The molecule has 1 atom stereocenters. The number of nitrogens with zero attached hydrogens (tertiary/aromatic N) is 1. The number of hydrogen-bond donors (Lipinski definition) is 1. The Morgan fingerprint density at radius 2 is 1.88 bits per heavy atom. The van der Waals surface area contributed by atoms with Gasteiger partial charge in [0.05, 0.1) is 6.04 Å². The standard InChI is InChI=1S/C20H18N2O2/c1-2-4-16-14(3-1)15-5-6-22-10-13-9-19-18(23-11-24-19)8-12(13)7-17(22)20(15)21-16/h1-4,8-9,17,21H,5-7,10-11H2. The van der Waals surface area contributed by atoms with Crippen molar-refractivity contribution in [2.75, 3.05) is 13.3 Å². The largest absolute Gasteiger partial charge is 0.454 e. The average Bonchev–Trinajstić information content (AvgIpc) is 3.21. The van der Waals surface area contributed by atoms with E-state index in [1.165, 1.54) is 33.3 Å². The third-order valence-corrected chi connectivity index (χ3v) is 5.75. The quantitative estimate of drug-likeness (QED) is 0.689. The van der Waals surface area contributed by atoms with Crippen molar-refractivity contribution in [1.29, 1.82) is 0 Å². The highest BCUT2D eigenvalue weighted by molar-refractivity contribution is 5.85. The van der Waals surface area contributed by atoms with Gasteiger partial charge < -0.3 is 14.5 Å². The Labute approximate surface area is 140 Å². The Bertz CT molecular complexity index is 975. The van der Waals surface area contributed by atoms with Crippen LogP contribution in [0.2, 0.25) is 0 Å². The fourth-order valence-corrected chi connectivity index (χ4v) is 4.58. The van der Waals surface area contributed by atoms with E-state index in [1.807, 2.05) is 0 Å². The predicted molar refractivity (Wildman–Crippen MR) is 91.4 cm³/mol. The van der Waals surface area contributed by atoms with Crippen LogP contribution >= 0.6 is 0 Å². The van der Waals surface area contributed by atoms with Gasteiger partial charge in [0.2, 0.25) is 6.79 Å². The van der Waals surface area contributed by atoms with Crippen LogP contribution in [0, 0.1) is 0 Å². The second kappa shape index (κ2) is 4.54. The van der Waals surface area contributed by atoms with Crippen molar-refractivity contribution in [3.05, 3.63) is 58.8 Å². The minimum atomic E-state index is 0.345. The number of benzene rings is 2. The fraction of sp³-hybridized carbons (Fsp3) is 0.300. The molecule has 6 rings (SSSR count). The Hall–Kier alpha value is -2.46. The molecule has 0 amide bonds. The molecule has 0 bridgehead atoms. The summed E-state index contributed by atoms with van der Waals surface area (Å²) < 4.78 is 11.1. The van der Waals surface area contributed by atoms with Crippen molar-refractivity contribution in [1.82, 2.24) is 9.88 Å². The first kappa shape index (κ1) is 12.9. The van der Waals surface area contributed by atoms with Crippen molar-refractivity contribution < 1.29 is 9.47 Å². The summed E-state index contributed by atoms with van der Waals surface area (Å²) in [6.45, 7) is 2.45. The van der Waals surface area contributed by atoms with E-state index in [4.69, 9.17) is 9.47 Å². The van der Waals surface area contributed by atoms with Crippen LogP contribution < -0.4 is 9.47 Å². The number of para-hydroxylation sites is 1. The van der Waals surface area contributed by atoms with E-state index in [2.05, 4.69) is 46.3 Å². The summed E-state index contributed by atoms with van der Waals surface area (Å²) in [7, 11) is 0. The molecule has 3 aromatic rings. The van der Waals surface area contributed by atoms with Crippen molar-refractivity contribution >= 4 is 10.9 Å². The van der Waals surface area contributed by atoms with Crippen LogP contribution in [0.3, 0.4) is 0 Å². The number of fused-ring (bicyclic) bond motifs is 7. The van der Waals surface area contributed by atoms with Gasteiger partial charge in [-0.2, -0.15) is 0 Å². The summed E-state index contributed by atoms with van der Waals surface area (Å²) >= 11 is 0. The zero-order valence-corrected chi connectivity index (χ0v) is 13.3. The first-order valence-electron chi connectivity index (χ1n) is 8.62. The summed E-state index contributed by atoms with van der Waals surface area (Å²) in [5, 5.41) is 1.39. The molecule has 4 nitrogen and oxygen atoms in total. The molecule has 1 aromatic heterocycles. The van der Waals surface area contributed by atoms with Gasteiger partial charge in [-0.25, -0.2) is 0 Å². The lowest BCUT2D eigenvalue weighted by molar-refractivity contribution is 0.158. The van der Waals surface area contributed by atoms with Gasteiger partial charge in [-0.05, 0) is 47.7 Å². The van der Waals surface area contributed by atoms with E-state index >= 15 is 0 Å². The van der Waals surface area contributed by atoms with Crippen LogP contribution in [0.4, 0.5) is 0 Å². The number of rotatable bonds is 0. The van der Waals surface area contributed by atoms with Crippen molar-refractivity contribution in [3.8, 4) is 11.5 Å². The maximum Gasteiger partial charge on any atom is 0.231 e. The molecule has 0 fully saturated rings. The molecule has 3 aliphatic rings. The maximum atomic E-state index is 5.57. The van der Waals surface area contributed by atoms with E-state index in [0.717, 1.165) is 37.4 Å². The van der Waals surface area contributed by atoms with E-state index in [0.29, 0.717) is 12.8 Å². The average molecular weight is 318 g/mol. The molecular formula is C20H18N2O2. The smallest absolute Gasteiger partial charge is 0.231 e. The monoisotopic (exact) mass is 318 g/mol. The molecule has 0 aliphatic carbocycles. The molecule has 4 heterocycles. The lowest BCUT2D eigenvalue weighted by Crippen LogP contribution is -2.39. The first-order chi connectivity index (χ1) is 11.9. The molecule has 4 heteroatoms. The van der Waals surface area contributed by atoms with Crippen LogP contribution in [0.1, 0.15) is 28.4 Å². The van der Waals surface area contributed by atoms with Crippen molar-refractivity contribution in [2.45, 2.75) is 25.4 Å². The van der Waals surface area contributed by atoms with Gasteiger partial charge in [0.15, 0.2) is 11.5 Å². The highest BCUT2D eigenvalue weighted by atomic mass is 16.7. The molecule has 24 heavy (non-hydrogen) atoms. The van der Waals surface area contributed by atoms with Gasteiger partial charge in [0, 0.05) is 29.7 Å². The van der Waals surface area contributed by atoms with Crippen LogP contribution in [-0.2, 0) is 19.4 Å². The molecule has 2 aromatic carbocycles. The SMILES string of the molecule is c1ccc2c3c([nH]c2c1)C1Cc2cc4c(cc2CN1CC3)OCO4. The van der Waals surface area contributed by atoms with Gasteiger partial charge in [-0.3, -0.25) is 4.90 Å². The van der Waals surface area contributed by atoms with E-state index in [1.54, 1.807) is 0 Å². The molecule has 1 unspecified atom stereocenters. The van der Waals surface area contributed by atoms with Gasteiger partial charge in [0.25, 0.3) is 0 Å². The predicted octanol–water partition coefficient (Wildman–Crippen LogP) is 3.55.